The number of aliphatic carboxylic acids is 1. The minimum atomic E-state index is -1.15. The number of ether oxygens (including phenoxy) is 2. The highest BCUT2D eigenvalue weighted by atomic mass is 16.5. The van der Waals surface area contributed by atoms with Gasteiger partial charge >= 0.3 is 5.97 Å². The highest BCUT2D eigenvalue weighted by Crippen LogP contribution is 2.84. The Morgan fingerprint density at radius 2 is 1.64 bits per heavy atom. The molecule has 9 heteroatoms. The van der Waals surface area contributed by atoms with Gasteiger partial charge in [0.05, 0.1) is 30.8 Å². The van der Waals surface area contributed by atoms with Crippen LogP contribution in [0.4, 0.5) is 0 Å². The summed E-state index contributed by atoms with van der Waals surface area (Å²) in [7, 11) is 0. The summed E-state index contributed by atoms with van der Waals surface area (Å²) in [6, 6.07) is 0. The van der Waals surface area contributed by atoms with E-state index in [4.69, 9.17) is 9.47 Å². The number of allylic oxidation sites excluding steroid dienone is 1. The molecule has 10 atom stereocenters. The minimum absolute atomic E-state index is 0.0969. The molecule has 0 amide bonds. The van der Waals surface area contributed by atoms with Crippen molar-refractivity contribution in [1.29, 1.82) is 0 Å². The number of morpholine rings is 1. The van der Waals surface area contributed by atoms with Crippen molar-refractivity contribution >= 4 is 12.3 Å². The normalized spacial score (nSPS) is 42.6. The first-order valence-electron chi connectivity index (χ1n) is 22.3. The summed E-state index contributed by atoms with van der Waals surface area (Å²) in [6.45, 7) is 20.5. The second kappa shape index (κ2) is 15.9. The number of hydrogen-bond donors (Lipinski definition) is 2. The van der Waals surface area contributed by atoms with Gasteiger partial charge in [0.15, 0.2) is 0 Å². The van der Waals surface area contributed by atoms with Crippen LogP contribution in [0.2, 0.25) is 0 Å². The first-order chi connectivity index (χ1) is 25.7. The zero-order valence-corrected chi connectivity index (χ0v) is 33.5. The third kappa shape index (κ3) is 6.42. The molecular formula is C44H72N4O5. The van der Waals surface area contributed by atoms with E-state index in [-0.39, 0.29) is 30.0 Å². The SMILES string of the molecule is CC(C)C1=CC2CC3(C=O)[C@@H]4CC[C@@H](C)[C@H]4CC2([C@H]2C[C@@H](C4CCCCC4)[C@H](CNCCN4CCCN(CCCN5CCOCC5)CC4)O2)[C@]13C(=O)O. The van der Waals surface area contributed by atoms with E-state index >= 15 is 0 Å². The fourth-order valence-electron chi connectivity index (χ4n) is 14.5. The predicted molar refractivity (Wildman–Crippen MR) is 208 cm³/mol. The summed E-state index contributed by atoms with van der Waals surface area (Å²) in [6.07, 6.45) is 17.1. The summed E-state index contributed by atoms with van der Waals surface area (Å²) >= 11 is 0. The Labute approximate surface area is 320 Å². The number of fused-ring (bicyclic) bond motifs is 2. The Balaban J connectivity index is 0.948. The number of nitrogens with one attached hydrogen (secondary N) is 1. The number of carbonyl (C=O) groups is 2. The van der Waals surface area contributed by atoms with E-state index in [2.05, 4.69) is 46.9 Å². The fraction of sp³-hybridized carbons (Fsp3) is 0.909. The van der Waals surface area contributed by atoms with E-state index in [0.29, 0.717) is 30.1 Å². The molecule has 3 aliphatic heterocycles. The molecule has 4 saturated carbocycles. The monoisotopic (exact) mass is 737 g/mol. The average Bonchev–Trinajstić information content (AvgIpc) is 3.84. The van der Waals surface area contributed by atoms with E-state index in [9.17, 15) is 14.7 Å². The van der Waals surface area contributed by atoms with Crippen molar-refractivity contribution in [1.82, 2.24) is 20.0 Å². The van der Waals surface area contributed by atoms with Gasteiger partial charge < -0.3 is 34.5 Å². The molecule has 3 heterocycles. The topological polar surface area (TPSA) is 94.6 Å². The van der Waals surface area contributed by atoms with E-state index in [1.807, 2.05) is 0 Å². The van der Waals surface area contributed by atoms with Crippen LogP contribution in [0.25, 0.3) is 0 Å². The summed E-state index contributed by atoms with van der Waals surface area (Å²) in [5, 5.41) is 15.5. The first kappa shape index (κ1) is 38.5. The summed E-state index contributed by atoms with van der Waals surface area (Å²) in [5.74, 6) is 1.65. The molecular weight excluding hydrogens is 665 g/mol. The number of nitrogens with zero attached hydrogens (tertiary/aromatic N) is 3. The summed E-state index contributed by atoms with van der Waals surface area (Å²) in [4.78, 5) is 35.8. The average molecular weight is 737 g/mol. The van der Waals surface area contributed by atoms with Gasteiger partial charge in [-0.2, -0.15) is 0 Å². The van der Waals surface area contributed by atoms with Gasteiger partial charge in [0.2, 0.25) is 0 Å². The Hall–Kier alpha value is -1.36. The van der Waals surface area contributed by atoms with Crippen molar-refractivity contribution in [3.63, 3.8) is 0 Å². The zero-order chi connectivity index (χ0) is 36.8. The van der Waals surface area contributed by atoms with Crippen LogP contribution < -0.4 is 5.32 Å². The van der Waals surface area contributed by atoms with Gasteiger partial charge in [0.25, 0.3) is 0 Å². The summed E-state index contributed by atoms with van der Waals surface area (Å²) in [5.41, 5.74) is -1.48. The van der Waals surface area contributed by atoms with Crippen molar-refractivity contribution in [2.24, 2.45) is 57.7 Å². The number of carboxylic acid groups (broad SMARTS) is 1. The second-order valence-electron chi connectivity index (χ2n) is 19.4. The lowest BCUT2D eigenvalue weighted by atomic mass is 9.41. The van der Waals surface area contributed by atoms with E-state index in [1.54, 1.807) is 0 Å². The van der Waals surface area contributed by atoms with Gasteiger partial charge in [-0.1, -0.05) is 70.9 Å². The lowest BCUT2D eigenvalue weighted by molar-refractivity contribution is -0.197. The number of rotatable bonds is 14. The third-order valence-corrected chi connectivity index (χ3v) is 16.8. The molecule has 3 unspecified atom stereocenters. The van der Waals surface area contributed by atoms with Gasteiger partial charge in [-0.25, -0.2) is 0 Å². The van der Waals surface area contributed by atoms with E-state index in [1.165, 1.54) is 77.4 Å². The van der Waals surface area contributed by atoms with Crippen molar-refractivity contribution < 1.29 is 24.2 Å². The first-order valence-corrected chi connectivity index (χ1v) is 22.3. The molecule has 8 aliphatic rings. The number of aldehydes is 1. The van der Waals surface area contributed by atoms with E-state index in [0.717, 1.165) is 90.3 Å². The Kier molecular flexibility index (Phi) is 11.5. The molecule has 298 valence electrons. The number of hydrogen-bond acceptors (Lipinski definition) is 8. The van der Waals surface area contributed by atoms with Crippen LogP contribution in [0.5, 0.6) is 0 Å². The smallest absolute Gasteiger partial charge is 0.315 e. The highest BCUT2D eigenvalue weighted by Gasteiger charge is 2.86. The number of carboxylic acids is 1. The van der Waals surface area contributed by atoms with E-state index < -0.39 is 22.2 Å². The molecule has 0 aromatic heterocycles. The zero-order valence-electron chi connectivity index (χ0n) is 33.5. The van der Waals surface area contributed by atoms with Crippen LogP contribution in [0.1, 0.15) is 97.8 Å². The standard InChI is InChI=1S/C44H72N4O5/c1-31(2)38-25-34-27-42(30-49)37-12-11-32(3)36(37)28-43(34,44(38,42)41(50)51)40-26-35(33-9-5-4-6-10-33)39(53-40)29-45-13-18-47-16-7-14-46(19-20-47)15-8-17-48-21-23-52-24-22-48/h25,30-37,39-40,45H,4-24,26-29H2,1-3H3,(H,50,51)/t32-,34?,35+,36-,37-,39+,40-,42?,43?,44+/m1/s1. The maximum absolute atomic E-state index is 14.2. The van der Waals surface area contributed by atoms with Crippen LogP contribution in [-0.4, -0.2) is 129 Å². The number of carbonyl (C=O) groups excluding carboxylic acids is 1. The molecule has 0 radical (unpaired) electrons. The predicted octanol–water partition coefficient (Wildman–Crippen LogP) is 5.58. The molecule has 8 rings (SSSR count). The maximum atomic E-state index is 14.2. The molecule has 0 aromatic rings. The molecule has 5 aliphatic carbocycles. The quantitative estimate of drug-likeness (QED) is 0.135. The van der Waals surface area contributed by atoms with Crippen molar-refractivity contribution in [3.05, 3.63) is 11.6 Å². The van der Waals surface area contributed by atoms with Crippen molar-refractivity contribution in [2.45, 2.75) is 110 Å². The Bertz CT molecular complexity index is 1330. The van der Waals surface area contributed by atoms with Crippen molar-refractivity contribution in [3.8, 4) is 0 Å². The van der Waals surface area contributed by atoms with Gasteiger partial charge in [-0.05, 0) is 106 Å². The maximum Gasteiger partial charge on any atom is 0.315 e. The molecule has 4 bridgehead atoms. The molecule has 53 heavy (non-hydrogen) atoms. The lowest BCUT2D eigenvalue weighted by Crippen LogP contribution is -2.65. The lowest BCUT2D eigenvalue weighted by Gasteiger charge is -2.60. The highest BCUT2D eigenvalue weighted by molar-refractivity contribution is 5.90. The Morgan fingerprint density at radius 1 is 0.925 bits per heavy atom. The van der Waals surface area contributed by atoms with Crippen LogP contribution in [0.15, 0.2) is 11.6 Å². The molecule has 2 N–H and O–H groups in total. The molecule has 9 nitrogen and oxygen atoms in total. The van der Waals surface area contributed by atoms with Gasteiger partial charge in [0, 0.05) is 51.2 Å². The van der Waals surface area contributed by atoms with Gasteiger partial charge in [-0.3, -0.25) is 9.69 Å². The largest absolute Gasteiger partial charge is 0.481 e. The van der Waals surface area contributed by atoms with Crippen LogP contribution >= 0.6 is 0 Å². The van der Waals surface area contributed by atoms with Crippen LogP contribution in [0.3, 0.4) is 0 Å². The summed E-state index contributed by atoms with van der Waals surface area (Å²) < 4.78 is 13.0. The molecule has 0 aromatic carbocycles. The van der Waals surface area contributed by atoms with Gasteiger partial charge in [-0.15, -0.1) is 0 Å². The van der Waals surface area contributed by atoms with Crippen molar-refractivity contribution in [2.75, 3.05) is 85.2 Å². The third-order valence-electron chi connectivity index (χ3n) is 16.8. The molecule has 7 fully saturated rings. The molecule has 3 saturated heterocycles. The van der Waals surface area contributed by atoms with Crippen LogP contribution in [-0.2, 0) is 19.1 Å². The minimum Gasteiger partial charge on any atom is -0.481 e. The second-order valence-corrected chi connectivity index (χ2v) is 19.4. The van der Waals surface area contributed by atoms with Gasteiger partial charge in [0.1, 0.15) is 11.7 Å². The Morgan fingerprint density at radius 3 is 2.34 bits per heavy atom. The fourth-order valence-corrected chi connectivity index (χ4v) is 14.5. The van der Waals surface area contributed by atoms with Crippen LogP contribution in [0, 0.1) is 57.7 Å². The molecule has 0 spiro atoms.